The summed E-state index contributed by atoms with van der Waals surface area (Å²) in [7, 11) is 0. The molecule has 1 aromatic rings. The van der Waals surface area contributed by atoms with Crippen LogP contribution in [-0.2, 0) is 12.8 Å². The summed E-state index contributed by atoms with van der Waals surface area (Å²) in [5.41, 5.74) is 2.32. The van der Waals surface area contributed by atoms with Gasteiger partial charge in [-0.3, -0.25) is 0 Å². The van der Waals surface area contributed by atoms with Crippen LogP contribution in [0.4, 0.5) is 4.79 Å². The smallest absolute Gasteiger partial charge is 0.449 e. The molecule has 1 rings (SSSR count). The van der Waals surface area contributed by atoms with Gasteiger partial charge in [0.05, 0.1) is 0 Å². The molecule has 0 fully saturated rings. The third-order valence-corrected chi connectivity index (χ3v) is 3.51. The molecule has 0 aromatic heterocycles. The van der Waals surface area contributed by atoms with E-state index < -0.39 is 6.16 Å². The van der Waals surface area contributed by atoms with Crippen molar-refractivity contribution in [3.05, 3.63) is 29.3 Å². The Morgan fingerprint density at radius 3 is 2.45 bits per heavy atom. The molecule has 0 unspecified atom stereocenters. The third-order valence-electron chi connectivity index (χ3n) is 3.51. The van der Waals surface area contributed by atoms with E-state index in [0.29, 0.717) is 5.75 Å². The molecule has 0 aliphatic heterocycles. The van der Waals surface area contributed by atoms with E-state index >= 15 is 0 Å². The fourth-order valence-corrected chi connectivity index (χ4v) is 2.41. The molecule has 0 aliphatic rings. The van der Waals surface area contributed by atoms with Crippen LogP contribution in [0.2, 0.25) is 0 Å². The molecule has 0 saturated carbocycles. The van der Waals surface area contributed by atoms with Crippen molar-refractivity contribution in [3.63, 3.8) is 0 Å². The zero-order valence-corrected chi connectivity index (χ0v) is 12.7. The van der Waals surface area contributed by atoms with Gasteiger partial charge in [0.25, 0.3) is 0 Å². The number of aryl methyl sites for hydroxylation is 1. The highest BCUT2D eigenvalue weighted by molar-refractivity contribution is 5.62. The summed E-state index contributed by atoms with van der Waals surface area (Å²) in [6.45, 7) is 4.34. The zero-order valence-electron chi connectivity index (χ0n) is 12.7. The quantitative estimate of drug-likeness (QED) is 0.383. The molecule has 112 valence electrons. The largest absolute Gasteiger partial charge is 0.511 e. The van der Waals surface area contributed by atoms with Crippen molar-refractivity contribution >= 4 is 6.16 Å². The number of carbonyl (C=O) groups is 1. The average Bonchev–Trinajstić information content (AvgIpc) is 2.42. The van der Waals surface area contributed by atoms with E-state index in [9.17, 15) is 4.79 Å². The van der Waals surface area contributed by atoms with Gasteiger partial charge in [0.2, 0.25) is 0 Å². The SMILES string of the molecule is CCCCCCc1cccc(OC(=O)O)c1CCCC. The van der Waals surface area contributed by atoms with Crippen LogP contribution in [0, 0.1) is 0 Å². The Hall–Kier alpha value is -1.51. The molecule has 0 radical (unpaired) electrons. The second-order valence-corrected chi connectivity index (χ2v) is 5.18. The van der Waals surface area contributed by atoms with E-state index in [0.717, 1.165) is 37.7 Å². The number of unbranched alkanes of at least 4 members (excludes halogenated alkanes) is 4. The lowest BCUT2D eigenvalue weighted by atomic mass is 9.96. The molecule has 1 N–H and O–H groups in total. The number of ether oxygens (including phenoxy) is 1. The molecule has 3 nitrogen and oxygen atoms in total. The molecule has 20 heavy (non-hydrogen) atoms. The molecule has 3 heteroatoms. The lowest BCUT2D eigenvalue weighted by Gasteiger charge is -2.13. The first-order valence-electron chi connectivity index (χ1n) is 7.70. The van der Waals surface area contributed by atoms with Crippen molar-refractivity contribution in [3.8, 4) is 5.75 Å². The minimum atomic E-state index is -1.23. The van der Waals surface area contributed by atoms with E-state index in [4.69, 9.17) is 9.84 Å². The summed E-state index contributed by atoms with van der Waals surface area (Å²) in [4.78, 5) is 10.8. The highest BCUT2D eigenvalue weighted by Crippen LogP contribution is 2.26. The highest BCUT2D eigenvalue weighted by atomic mass is 16.7. The summed E-state index contributed by atoms with van der Waals surface area (Å²) >= 11 is 0. The van der Waals surface area contributed by atoms with E-state index in [1.807, 2.05) is 6.07 Å². The second kappa shape index (κ2) is 9.40. The summed E-state index contributed by atoms with van der Waals surface area (Å²) in [5.74, 6) is 0.513. The van der Waals surface area contributed by atoms with Crippen LogP contribution in [-0.4, -0.2) is 11.3 Å². The Morgan fingerprint density at radius 2 is 1.80 bits per heavy atom. The molecule has 1 aromatic carbocycles. The van der Waals surface area contributed by atoms with Gasteiger partial charge in [-0.25, -0.2) is 4.79 Å². The van der Waals surface area contributed by atoms with Crippen molar-refractivity contribution < 1.29 is 14.6 Å². The first-order chi connectivity index (χ1) is 9.69. The van der Waals surface area contributed by atoms with Crippen molar-refractivity contribution in [1.29, 1.82) is 0 Å². The van der Waals surface area contributed by atoms with E-state index in [-0.39, 0.29) is 0 Å². The molecule has 0 heterocycles. The van der Waals surface area contributed by atoms with Gasteiger partial charge in [-0.15, -0.1) is 0 Å². The van der Waals surface area contributed by atoms with Crippen LogP contribution < -0.4 is 4.74 Å². The number of benzene rings is 1. The van der Waals surface area contributed by atoms with Crippen molar-refractivity contribution in [2.24, 2.45) is 0 Å². The lowest BCUT2D eigenvalue weighted by Crippen LogP contribution is -2.07. The molecular formula is C17H26O3. The molecule has 0 amide bonds. The van der Waals surface area contributed by atoms with Gasteiger partial charge in [0.1, 0.15) is 5.75 Å². The Balaban J connectivity index is 2.81. The molecule has 0 saturated heterocycles. The minimum absolute atomic E-state index is 0.513. The highest BCUT2D eigenvalue weighted by Gasteiger charge is 2.11. The Bertz CT molecular complexity index is 413. The summed E-state index contributed by atoms with van der Waals surface area (Å²) in [6, 6.07) is 5.75. The van der Waals surface area contributed by atoms with Gasteiger partial charge in [0, 0.05) is 0 Å². The number of hydrogen-bond acceptors (Lipinski definition) is 2. The van der Waals surface area contributed by atoms with Gasteiger partial charge in [-0.2, -0.15) is 0 Å². The predicted molar refractivity (Wildman–Crippen MR) is 81.6 cm³/mol. The maximum atomic E-state index is 10.8. The maximum Gasteiger partial charge on any atom is 0.511 e. The van der Waals surface area contributed by atoms with Gasteiger partial charge < -0.3 is 9.84 Å². The topological polar surface area (TPSA) is 46.5 Å². The lowest BCUT2D eigenvalue weighted by molar-refractivity contribution is 0.144. The fourth-order valence-electron chi connectivity index (χ4n) is 2.41. The van der Waals surface area contributed by atoms with Crippen molar-refractivity contribution in [1.82, 2.24) is 0 Å². The van der Waals surface area contributed by atoms with Crippen LogP contribution >= 0.6 is 0 Å². The molecule has 0 spiro atoms. The van der Waals surface area contributed by atoms with E-state index in [2.05, 4.69) is 19.9 Å². The Kier molecular flexibility index (Phi) is 7.78. The van der Waals surface area contributed by atoms with Crippen LogP contribution in [0.15, 0.2) is 18.2 Å². The van der Waals surface area contributed by atoms with Crippen molar-refractivity contribution in [2.45, 2.75) is 65.2 Å². The normalized spacial score (nSPS) is 10.5. The summed E-state index contributed by atoms with van der Waals surface area (Å²) < 4.78 is 4.93. The minimum Gasteiger partial charge on any atom is -0.449 e. The Morgan fingerprint density at radius 1 is 1.05 bits per heavy atom. The predicted octanol–water partition coefficient (Wildman–Crippen LogP) is 5.21. The average molecular weight is 278 g/mol. The maximum absolute atomic E-state index is 10.8. The summed E-state index contributed by atoms with van der Waals surface area (Å²) in [5, 5.41) is 8.83. The van der Waals surface area contributed by atoms with E-state index in [1.165, 1.54) is 24.8 Å². The molecule has 0 atom stereocenters. The fraction of sp³-hybridized carbons (Fsp3) is 0.588. The number of rotatable bonds is 9. The summed E-state index contributed by atoms with van der Waals surface area (Å²) in [6.07, 6.45) is 7.70. The molecular weight excluding hydrogens is 252 g/mol. The third kappa shape index (κ3) is 5.64. The van der Waals surface area contributed by atoms with Crippen LogP contribution in [0.25, 0.3) is 0 Å². The van der Waals surface area contributed by atoms with Crippen LogP contribution in [0.3, 0.4) is 0 Å². The molecule has 0 aliphatic carbocycles. The number of hydrogen-bond donors (Lipinski definition) is 1. The van der Waals surface area contributed by atoms with Crippen LogP contribution in [0.1, 0.15) is 63.5 Å². The number of carboxylic acid groups (broad SMARTS) is 1. The monoisotopic (exact) mass is 278 g/mol. The van der Waals surface area contributed by atoms with Gasteiger partial charge >= 0.3 is 6.16 Å². The second-order valence-electron chi connectivity index (χ2n) is 5.18. The standard InChI is InChI=1S/C17H26O3/c1-3-5-7-8-10-14-11-9-13-16(20-17(18)19)15(14)12-6-4-2/h9,11,13H,3-8,10,12H2,1-2H3,(H,18,19). The Labute approximate surface area is 122 Å². The molecule has 0 bridgehead atoms. The van der Waals surface area contributed by atoms with E-state index in [1.54, 1.807) is 6.07 Å². The van der Waals surface area contributed by atoms with Crippen LogP contribution in [0.5, 0.6) is 5.75 Å². The first kappa shape index (κ1) is 16.5. The van der Waals surface area contributed by atoms with Crippen molar-refractivity contribution in [2.75, 3.05) is 0 Å². The first-order valence-corrected chi connectivity index (χ1v) is 7.70. The zero-order chi connectivity index (χ0) is 14.8. The van der Waals surface area contributed by atoms with Gasteiger partial charge in [-0.05, 0) is 42.9 Å². The van der Waals surface area contributed by atoms with Gasteiger partial charge in [-0.1, -0.05) is 51.7 Å². The van der Waals surface area contributed by atoms with Gasteiger partial charge in [0.15, 0.2) is 0 Å².